The fourth-order valence-electron chi connectivity index (χ4n) is 2.84. The fourth-order valence-corrected chi connectivity index (χ4v) is 4.49. The third-order valence-electron chi connectivity index (χ3n) is 4.03. The predicted molar refractivity (Wildman–Crippen MR) is 89.0 cm³/mol. The molecule has 0 aliphatic carbocycles. The summed E-state index contributed by atoms with van der Waals surface area (Å²) < 4.78 is 27.1. The van der Waals surface area contributed by atoms with Crippen LogP contribution in [0.4, 0.5) is 0 Å². The van der Waals surface area contributed by atoms with Crippen LogP contribution in [0.15, 0.2) is 41.6 Å². The number of aryl methyl sites for hydroxylation is 1. The Kier molecular flexibility index (Phi) is 4.66. The molecule has 1 aliphatic rings. The molecule has 5 nitrogen and oxygen atoms in total. The normalized spacial score (nSPS) is 19.7. The van der Waals surface area contributed by atoms with Gasteiger partial charge in [-0.1, -0.05) is 11.6 Å². The van der Waals surface area contributed by atoms with Crippen LogP contribution in [0.5, 0.6) is 0 Å². The average Bonchev–Trinajstić information content (AvgIpc) is 2.55. The molecule has 0 saturated carbocycles. The van der Waals surface area contributed by atoms with Gasteiger partial charge in [0.15, 0.2) is 0 Å². The molecule has 0 bridgehead atoms. The summed E-state index contributed by atoms with van der Waals surface area (Å²) in [5.74, 6) is 0.0817. The van der Waals surface area contributed by atoms with E-state index in [1.165, 1.54) is 4.31 Å². The minimum atomic E-state index is -3.50. The Morgan fingerprint density at radius 1 is 1.22 bits per heavy atom. The van der Waals surface area contributed by atoms with Gasteiger partial charge in [-0.3, -0.25) is 9.97 Å². The van der Waals surface area contributed by atoms with Gasteiger partial charge in [-0.15, -0.1) is 0 Å². The Hall–Kier alpha value is -1.50. The topological polar surface area (TPSA) is 63.2 Å². The summed E-state index contributed by atoms with van der Waals surface area (Å²) in [4.78, 5) is 8.94. The highest BCUT2D eigenvalue weighted by molar-refractivity contribution is 7.89. The minimum absolute atomic E-state index is 0.0817. The van der Waals surface area contributed by atoms with E-state index in [2.05, 4.69) is 9.97 Å². The first-order valence-electron chi connectivity index (χ1n) is 7.51. The van der Waals surface area contributed by atoms with E-state index in [-0.39, 0.29) is 10.8 Å². The molecule has 0 N–H and O–H groups in total. The first-order valence-corrected chi connectivity index (χ1v) is 9.33. The molecule has 3 rings (SSSR count). The van der Waals surface area contributed by atoms with E-state index in [1.807, 2.05) is 6.92 Å². The largest absolute Gasteiger partial charge is 0.261 e. The lowest BCUT2D eigenvalue weighted by atomic mass is 9.96. The van der Waals surface area contributed by atoms with E-state index >= 15 is 0 Å². The Morgan fingerprint density at radius 3 is 2.65 bits per heavy atom. The second kappa shape index (κ2) is 6.55. The van der Waals surface area contributed by atoms with Crippen molar-refractivity contribution in [2.45, 2.75) is 30.6 Å². The maximum absolute atomic E-state index is 12.8. The molecule has 0 spiro atoms. The molecule has 1 fully saturated rings. The average molecular weight is 352 g/mol. The van der Waals surface area contributed by atoms with E-state index in [4.69, 9.17) is 11.6 Å². The van der Waals surface area contributed by atoms with Crippen molar-refractivity contribution >= 4 is 21.6 Å². The first-order chi connectivity index (χ1) is 11.0. The quantitative estimate of drug-likeness (QED) is 0.852. The molecule has 0 amide bonds. The lowest BCUT2D eigenvalue weighted by Gasteiger charge is -2.31. The zero-order valence-electron chi connectivity index (χ0n) is 12.8. The van der Waals surface area contributed by atoms with Crippen LogP contribution >= 0.6 is 11.6 Å². The number of hydrogen-bond donors (Lipinski definition) is 0. The van der Waals surface area contributed by atoms with Gasteiger partial charge in [0.1, 0.15) is 0 Å². The summed E-state index contributed by atoms with van der Waals surface area (Å²) in [6.07, 6.45) is 5.17. The molecule has 1 aliphatic heterocycles. The lowest BCUT2D eigenvalue weighted by Crippen LogP contribution is -2.39. The van der Waals surface area contributed by atoms with Crippen molar-refractivity contribution in [3.8, 4) is 0 Å². The SMILES string of the molecule is Cc1cncc([C@@H]2CCCN(S(=O)(=O)c3ccc(Cl)cc3)C2)n1. The molecule has 0 unspecified atom stereocenters. The molecule has 23 heavy (non-hydrogen) atoms. The summed E-state index contributed by atoms with van der Waals surface area (Å²) in [7, 11) is -3.50. The van der Waals surface area contributed by atoms with Gasteiger partial charge in [-0.25, -0.2) is 8.42 Å². The molecular weight excluding hydrogens is 334 g/mol. The van der Waals surface area contributed by atoms with Crippen LogP contribution in [-0.4, -0.2) is 35.8 Å². The smallest absolute Gasteiger partial charge is 0.243 e. The first kappa shape index (κ1) is 16.4. The van der Waals surface area contributed by atoms with Gasteiger partial charge in [0.05, 0.1) is 16.3 Å². The van der Waals surface area contributed by atoms with Gasteiger partial charge < -0.3 is 0 Å². The van der Waals surface area contributed by atoms with Crippen LogP contribution in [0.25, 0.3) is 0 Å². The molecule has 0 radical (unpaired) electrons. The van der Waals surface area contributed by atoms with Crippen molar-refractivity contribution in [2.75, 3.05) is 13.1 Å². The maximum Gasteiger partial charge on any atom is 0.243 e. The van der Waals surface area contributed by atoms with Crippen LogP contribution in [0, 0.1) is 6.92 Å². The van der Waals surface area contributed by atoms with Gasteiger partial charge in [-0.2, -0.15) is 4.31 Å². The number of rotatable bonds is 3. The minimum Gasteiger partial charge on any atom is -0.261 e. The molecule has 1 saturated heterocycles. The van der Waals surface area contributed by atoms with E-state index < -0.39 is 10.0 Å². The molecule has 2 heterocycles. The second-order valence-corrected chi connectivity index (χ2v) is 8.12. The number of benzene rings is 1. The predicted octanol–water partition coefficient (Wildman–Crippen LogP) is 3.01. The number of halogens is 1. The zero-order chi connectivity index (χ0) is 16.4. The maximum atomic E-state index is 12.8. The number of aromatic nitrogens is 2. The Balaban J connectivity index is 1.84. The zero-order valence-corrected chi connectivity index (χ0v) is 14.4. The Labute approximate surface area is 141 Å². The Morgan fingerprint density at radius 2 is 1.96 bits per heavy atom. The van der Waals surface area contributed by atoms with E-state index in [1.54, 1.807) is 36.7 Å². The number of piperidine rings is 1. The summed E-state index contributed by atoms with van der Waals surface area (Å²) >= 11 is 5.84. The van der Waals surface area contributed by atoms with Crippen molar-refractivity contribution in [2.24, 2.45) is 0 Å². The van der Waals surface area contributed by atoms with Gasteiger partial charge in [0.2, 0.25) is 10.0 Å². The Bertz CT molecular complexity index is 793. The third kappa shape index (κ3) is 3.54. The van der Waals surface area contributed by atoms with Crippen molar-refractivity contribution in [1.29, 1.82) is 0 Å². The standard InChI is InChI=1S/C16H18ClN3O2S/c1-12-9-18-10-16(19-12)13-3-2-8-20(11-13)23(21,22)15-6-4-14(17)5-7-15/h4-7,9-10,13H,2-3,8,11H2,1H3/t13-/m1/s1. The molecule has 1 aromatic heterocycles. The van der Waals surface area contributed by atoms with Crippen molar-refractivity contribution in [3.63, 3.8) is 0 Å². The molecule has 2 aromatic rings. The van der Waals surface area contributed by atoms with E-state index in [0.29, 0.717) is 18.1 Å². The highest BCUT2D eigenvalue weighted by atomic mass is 35.5. The highest BCUT2D eigenvalue weighted by Crippen LogP contribution is 2.29. The van der Waals surface area contributed by atoms with Gasteiger partial charge in [0.25, 0.3) is 0 Å². The van der Waals surface area contributed by atoms with Crippen molar-refractivity contribution in [3.05, 3.63) is 53.1 Å². The number of nitrogens with zero attached hydrogens (tertiary/aromatic N) is 3. The van der Waals surface area contributed by atoms with Crippen LogP contribution in [0.2, 0.25) is 5.02 Å². The summed E-state index contributed by atoms with van der Waals surface area (Å²) in [5.41, 5.74) is 1.71. The fraction of sp³-hybridized carbons (Fsp3) is 0.375. The lowest BCUT2D eigenvalue weighted by molar-refractivity contribution is 0.312. The molecule has 1 aromatic carbocycles. The molecule has 1 atom stereocenters. The van der Waals surface area contributed by atoms with Crippen LogP contribution in [0.3, 0.4) is 0 Å². The summed E-state index contributed by atoms with van der Waals surface area (Å²) in [6.45, 7) is 2.85. The van der Waals surface area contributed by atoms with Crippen molar-refractivity contribution < 1.29 is 8.42 Å². The number of hydrogen-bond acceptors (Lipinski definition) is 4. The van der Waals surface area contributed by atoms with Gasteiger partial charge in [0, 0.05) is 36.4 Å². The molecule has 7 heteroatoms. The van der Waals surface area contributed by atoms with Crippen LogP contribution in [-0.2, 0) is 10.0 Å². The molecule has 122 valence electrons. The van der Waals surface area contributed by atoms with E-state index in [9.17, 15) is 8.42 Å². The molecular formula is C16H18ClN3O2S. The monoisotopic (exact) mass is 351 g/mol. The highest BCUT2D eigenvalue weighted by Gasteiger charge is 2.31. The van der Waals surface area contributed by atoms with Gasteiger partial charge >= 0.3 is 0 Å². The second-order valence-electron chi connectivity index (χ2n) is 5.74. The van der Waals surface area contributed by atoms with Gasteiger partial charge in [-0.05, 0) is 44.0 Å². The van der Waals surface area contributed by atoms with Crippen LogP contribution in [0.1, 0.15) is 30.1 Å². The third-order valence-corrected chi connectivity index (χ3v) is 6.16. The van der Waals surface area contributed by atoms with Crippen LogP contribution < -0.4 is 0 Å². The summed E-state index contributed by atoms with van der Waals surface area (Å²) in [6, 6.07) is 6.30. The van der Waals surface area contributed by atoms with E-state index in [0.717, 1.165) is 24.2 Å². The summed E-state index contributed by atoms with van der Waals surface area (Å²) in [5, 5.41) is 0.524. The van der Waals surface area contributed by atoms with Crippen molar-refractivity contribution in [1.82, 2.24) is 14.3 Å². The number of sulfonamides is 1.